The summed E-state index contributed by atoms with van der Waals surface area (Å²) in [6, 6.07) is 118. The maximum absolute atomic E-state index is 2.45. The highest BCUT2D eigenvalue weighted by Crippen LogP contribution is 2.60. The molecule has 16 aromatic carbocycles. The predicted octanol–water partition coefficient (Wildman–Crippen LogP) is 25.2. The maximum Gasteiger partial charge on any atom is 0.0159 e. The first-order valence-corrected chi connectivity index (χ1v) is 32.0. The van der Waals surface area contributed by atoms with E-state index in [1.165, 1.54) is 199 Å². The Labute approximate surface area is 530 Å². The molecule has 19 rings (SSSR count). The van der Waals surface area contributed by atoms with Gasteiger partial charge in [-0.3, -0.25) is 0 Å². The molecule has 0 amide bonds. The molecule has 3 aliphatic carbocycles. The first-order valence-electron chi connectivity index (χ1n) is 32.0. The zero-order valence-corrected chi connectivity index (χ0v) is 50.5. The first kappa shape index (κ1) is 51.6. The molecule has 0 aromatic heterocycles. The second kappa shape index (κ2) is 19.8. The highest BCUT2D eigenvalue weighted by molar-refractivity contribution is 6.29. The van der Waals surface area contributed by atoms with Gasteiger partial charge in [0, 0.05) is 5.41 Å². The lowest BCUT2D eigenvalue weighted by atomic mass is 9.80. The van der Waals surface area contributed by atoms with E-state index >= 15 is 0 Å². The molecule has 0 spiro atoms. The van der Waals surface area contributed by atoms with Crippen molar-refractivity contribution in [2.24, 2.45) is 0 Å². The van der Waals surface area contributed by atoms with E-state index in [0.29, 0.717) is 0 Å². The maximum atomic E-state index is 2.45. The average molecular weight is 1150 g/mol. The van der Waals surface area contributed by atoms with E-state index in [2.05, 4.69) is 329 Å². The largest absolute Gasteiger partial charge is 0.0622 e. The lowest BCUT2D eigenvalue weighted by Gasteiger charge is -2.23. The van der Waals surface area contributed by atoms with Gasteiger partial charge in [0.25, 0.3) is 0 Å². The Morgan fingerprint density at radius 1 is 0.176 bits per heavy atom. The van der Waals surface area contributed by atoms with Gasteiger partial charge in [-0.2, -0.15) is 0 Å². The summed E-state index contributed by atoms with van der Waals surface area (Å²) in [7, 11) is 0. The third-order valence-electron chi connectivity index (χ3n) is 20.6. The smallest absolute Gasteiger partial charge is 0.0159 e. The molecule has 422 valence electrons. The zero-order valence-electron chi connectivity index (χ0n) is 50.5. The van der Waals surface area contributed by atoms with Gasteiger partial charge in [-0.1, -0.05) is 317 Å². The summed E-state index contributed by atoms with van der Waals surface area (Å²) < 4.78 is 0. The Bertz CT molecular complexity index is 5700. The van der Waals surface area contributed by atoms with E-state index < -0.39 is 0 Å². The molecule has 0 saturated heterocycles. The molecule has 0 bridgehead atoms. The molecule has 91 heavy (non-hydrogen) atoms. The monoisotopic (exact) mass is 1150 g/mol. The minimum absolute atomic E-state index is 0.182. The molecule has 0 heteroatoms. The fourth-order valence-electron chi connectivity index (χ4n) is 16.3. The quantitative estimate of drug-likeness (QED) is 0.142. The van der Waals surface area contributed by atoms with Crippen molar-refractivity contribution in [2.45, 2.75) is 19.3 Å². The molecule has 0 radical (unpaired) electrons. The van der Waals surface area contributed by atoms with Crippen LogP contribution in [0.1, 0.15) is 25.0 Å². The van der Waals surface area contributed by atoms with Crippen molar-refractivity contribution in [3.63, 3.8) is 0 Å². The van der Waals surface area contributed by atoms with Crippen LogP contribution in [0.2, 0.25) is 0 Å². The molecule has 0 unspecified atom stereocenters. The average Bonchev–Trinajstić information content (AvgIpc) is 1.61. The summed E-state index contributed by atoms with van der Waals surface area (Å²) in [4.78, 5) is 0. The topological polar surface area (TPSA) is 0 Å². The number of rotatable bonds is 8. The van der Waals surface area contributed by atoms with Gasteiger partial charge < -0.3 is 0 Å². The molecule has 0 saturated carbocycles. The van der Waals surface area contributed by atoms with Crippen molar-refractivity contribution in [1.82, 2.24) is 0 Å². The van der Waals surface area contributed by atoms with Gasteiger partial charge in [0.2, 0.25) is 0 Å². The van der Waals surface area contributed by atoms with Crippen LogP contribution < -0.4 is 0 Å². The minimum atomic E-state index is -0.182. The summed E-state index contributed by atoms with van der Waals surface area (Å²) in [6.45, 7) is 4.80. The van der Waals surface area contributed by atoms with Crippen molar-refractivity contribution < 1.29 is 0 Å². The van der Waals surface area contributed by atoms with E-state index in [1.54, 1.807) is 0 Å². The SMILES string of the molecule is CC1(C)c2cc(-c3ccc(-c4ccc(-c5ccc(-c6c7c(c(-c8ccccc8)c8ccccc68)-c6cccc8cccc-7c68)cc5)cc4)cc3)ccc2-c2ccc(-c3ccc(-c4c5c(c(-c6ccccc6)c6ccccc46)-c4cccc6cccc-5c46)cc3)cc21. The molecule has 0 atom stereocenters. The Morgan fingerprint density at radius 2 is 0.418 bits per heavy atom. The van der Waals surface area contributed by atoms with E-state index in [1.807, 2.05) is 0 Å². The highest BCUT2D eigenvalue weighted by atomic mass is 14.4. The summed E-state index contributed by atoms with van der Waals surface area (Å²) in [5.74, 6) is 0. The Hall–Kier alpha value is -11.4. The van der Waals surface area contributed by atoms with Crippen LogP contribution >= 0.6 is 0 Å². The Kier molecular flexibility index (Phi) is 11.2. The summed E-state index contributed by atoms with van der Waals surface area (Å²) >= 11 is 0. The van der Waals surface area contributed by atoms with Crippen LogP contribution in [0.4, 0.5) is 0 Å². The zero-order chi connectivity index (χ0) is 60.1. The molecule has 16 aromatic rings. The first-order chi connectivity index (χ1) is 44.9. The van der Waals surface area contributed by atoms with Gasteiger partial charge in [-0.05, 0) is 211 Å². The highest BCUT2D eigenvalue weighted by Gasteiger charge is 2.37. The Morgan fingerprint density at radius 3 is 0.714 bits per heavy atom. The molecule has 0 aliphatic heterocycles. The predicted molar refractivity (Wildman–Crippen MR) is 386 cm³/mol. The van der Waals surface area contributed by atoms with Gasteiger partial charge >= 0.3 is 0 Å². The van der Waals surface area contributed by atoms with E-state index in [4.69, 9.17) is 0 Å². The lowest BCUT2D eigenvalue weighted by molar-refractivity contribution is 0.661. The van der Waals surface area contributed by atoms with E-state index in [-0.39, 0.29) is 5.41 Å². The lowest BCUT2D eigenvalue weighted by Crippen LogP contribution is -2.15. The van der Waals surface area contributed by atoms with Crippen LogP contribution in [-0.2, 0) is 5.41 Å². The van der Waals surface area contributed by atoms with Crippen LogP contribution in [0.25, 0.3) is 188 Å². The fourth-order valence-corrected chi connectivity index (χ4v) is 16.3. The van der Waals surface area contributed by atoms with Crippen molar-refractivity contribution in [3.8, 4) is 145 Å². The summed E-state index contributed by atoms with van der Waals surface area (Å²) in [6.07, 6.45) is 0. The van der Waals surface area contributed by atoms with Gasteiger partial charge in [0.1, 0.15) is 0 Å². The van der Waals surface area contributed by atoms with E-state index in [9.17, 15) is 0 Å². The molecular formula is C91H58. The molecule has 0 heterocycles. The number of hydrogen-bond donors (Lipinski definition) is 0. The Balaban J connectivity index is 0.597. The van der Waals surface area contributed by atoms with Crippen LogP contribution in [0.5, 0.6) is 0 Å². The second-order valence-corrected chi connectivity index (χ2v) is 25.7. The molecule has 0 fully saturated rings. The number of benzene rings is 16. The normalized spacial score (nSPS) is 12.8. The van der Waals surface area contributed by atoms with Crippen LogP contribution in [0, 0.1) is 0 Å². The van der Waals surface area contributed by atoms with Crippen LogP contribution in [0.15, 0.2) is 315 Å². The van der Waals surface area contributed by atoms with Gasteiger partial charge in [-0.15, -0.1) is 0 Å². The van der Waals surface area contributed by atoms with Crippen molar-refractivity contribution in [2.75, 3.05) is 0 Å². The van der Waals surface area contributed by atoms with Gasteiger partial charge in [-0.25, -0.2) is 0 Å². The third-order valence-corrected chi connectivity index (χ3v) is 20.6. The van der Waals surface area contributed by atoms with Crippen molar-refractivity contribution >= 4 is 43.1 Å². The van der Waals surface area contributed by atoms with Crippen LogP contribution in [0.3, 0.4) is 0 Å². The summed E-state index contributed by atoms with van der Waals surface area (Å²) in [5, 5.41) is 10.4. The minimum Gasteiger partial charge on any atom is -0.0622 e. The molecule has 3 aliphatic rings. The van der Waals surface area contributed by atoms with Crippen molar-refractivity contribution in [3.05, 3.63) is 327 Å². The van der Waals surface area contributed by atoms with Gasteiger partial charge in [0.05, 0.1) is 0 Å². The molecular weight excluding hydrogens is 1090 g/mol. The van der Waals surface area contributed by atoms with Crippen LogP contribution in [-0.4, -0.2) is 0 Å². The standard InChI is InChI=1S/C91H58/c1-91(2)79-53-67(49-51-69(79)70-52-50-68(54-80(70)91)60-43-47-66(48-44-60)86-74-28-12-10-26-72(74)84(64-19-7-4-8-20-64)88-76-30-14-22-62-24-16-32-78(82(62)76)90(86)88)59-39-37-57(38-40-59)55-33-35-56(36-34-55)58-41-45-65(46-42-58)85-73-27-11-9-25-71(73)83(63-17-5-3-6-18-63)87-75-29-13-21-61-23-15-31-77(81(61)75)89(85)87/h3-54H,1-2H3. The van der Waals surface area contributed by atoms with Gasteiger partial charge in [0.15, 0.2) is 0 Å². The number of fused-ring (bicyclic) bond motifs is 11. The third kappa shape index (κ3) is 7.70. The van der Waals surface area contributed by atoms with E-state index in [0.717, 1.165) is 0 Å². The fraction of sp³-hybridized carbons (Fsp3) is 0.0330. The molecule has 0 nitrogen and oxygen atoms in total. The van der Waals surface area contributed by atoms with Crippen molar-refractivity contribution in [1.29, 1.82) is 0 Å². The summed E-state index contributed by atoms with van der Waals surface area (Å²) in [5.41, 5.74) is 35.7. The second-order valence-electron chi connectivity index (χ2n) is 25.7. The molecule has 0 N–H and O–H groups in total. The number of hydrogen-bond acceptors (Lipinski definition) is 0.